The fourth-order valence-corrected chi connectivity index (χ4v) is 4.60. The van der Waals surface area contributed by atoms with Crippen LogP contribution >= 0.6 is 11.6 Å². The Morgan fingerprint density at radius 1 is 1.09 bits per heavy atom. The van der Waals surface area contributed by atoms with Gasteiger partial charge in [0.2, 0.25) is 0 Å². The van der Waals surface area contributed by atoms with Crippen molar-refractivity contribution < 1.29 is 14.6 Å². The van der Waals surface area contributed by atoms with Crippen LogP contribution in [0.4, 0.5) is 5.69 Å². The summed E-state index contributed by atoms with van der Waals surface area (Å²) >= 11 is 5.84. The van der Waals surface area contributed by atoms with Gasteiger partial charge in [0.1, 0.15) is 5.02 Å². The van der Waals surface area contributed by atoms with Gasteiger partial charge in [-0.3, -0.25) is 10.1 Å². The Hall–Kier alpha value is -3.45. The van der Waals surface area contributed by atoms with E-state index in [1.807, 2.05) is 0 Å². The van der Waals surface area contributed by atoms with Gasteiger partial charge in [0.25, 0.3) is 5.69 Å². The van der Waals surface area contributed by atoms with Gasteiger partial charge in [-0.2, -0.15) is 0 Å². The Morgan fingerprint density at radius 2 is 1.82 bits per heavy atom. The SMILES string of the molecule is Cc1ccc(-n2c(C)cc3c2CC(C)(C)C/C3=N\OC(=O)c2ccc(Cl)c([N+](=O)[O-])c2)cc1C. The summed E-state index contributed by atoms with van der Waals surface area (Å²) in [4.78, 5) is 28.4. The van der Waals surface area contributed by atoms with Crippen molar-refractivity contribution in [2.75, 3.05) is 0 Å². The molecule has 4 rings (SSSR count). The molecule has 1 heterocycles. The lowest BCUT2D eigenvalue weighted by Gasteiger charge is -2.31. The molecule has 0 fully saturated rings. The molecule has 1 aromatic heterocycles. The second-order valence-electron chi connectivity index (χ2n) is 9.61. The van der Waals surface area contributed by atoms with Crippen LogP contribution in [0.1, 0.15) is 58.7 Å². The molecule has 1 aliphatic carbocycles. The molecule has 0 N–H and O–H groups in total. The molecule has 8 heteroatoms. The molecule has 0 saturated heterocycles. The first-order chi connectivity index (χ1) is 16.0. The van der Waals surface area contributed by atoms with E-state index in [9.17, 15) is 14.9 Å². The van der Waals surface area contributed by atoms with Gasteiger partial charge in [0.15, 0.2) is 0 Å². The van der Waals surface area contributed by atoms with Crippen molar-refractivity contribution in [3.63, 3.8) is 0 Å². The lowest BCUT2D eigenvalue weighted by molar-refractivity contribution is -0.384. The van der Waals surface area contributed by atoms with Gasteiger partial charge in [0, 0.05) is 28.7 Å². The predicted molar refractivity (Wildman–Crippen MR) is 132 cm³/mol. The summed E-state index contributed by atoms with van der Waals surface area (Å²) in [5, 5.41) is 15.3. The lowest BCUT2D eigenvalue weighted by Crippen LogP contribution is -2.28. The summed E-state index contributed by atoms with van der Waals surface area (Å²) in [6, 6.07) is 12.3. The normalized spacial score (nSPS) is 15.8. The number of aryl methyl sites for hydroxylation is 3. The van der Waals surface area contributed by atoms with Gasteiger partial charge in [-0.15, -0.1) is 0 Å². The van der Waals surface area contributed by atoms with Crippen molar-refractivity contribution in [2.45, 2.75) is 47.5 Å². The zero-order chi connectivity index (χ0) is 24.8. The number of oxime groups is 1. The quantitative estimate of drug-likeness (QED) is 0.243. The molecule has 1 aliphatic rings. The van der Waals surface area contributed by atoms with Crippen molar-refractivity contribution in [3.8, 4) is 5.69 Å². The second-order valence-corrected chi connectivity index (χ2v) is 10.0. The minimum atomic E-state index is -0.775. The maximum atomic E-state index is 12.6. The van der Waals surface area contributed by atoms with E-state index in [2.05, 4.69) is 68.6 Å². The molecule has 34 heavy (non-hydrogen) atoms. The van der Waals surface area contributed by atoms with Crippen LogP contribution < -0.4 is 0 Å². The van der Waals surface area contributed by atoms with E-state index in [-0.39, 0.29) is 21.7 Å². The molecule has 0 amide bonds. The van der Waals surface area contributed by atoms with Crippen LogP contribution in [-0.2, 0) is 11.3 Å². The third-order valence-electron chi connectivity index (χ3n) is 6.26. The zero-order valence-electron chi connectivity index (χ0n) is 19.8. The summed E-state index contributed by atoms with van der Waals surface area (Å²) < 4.78 is 2.24. The number of rotatable bonds is 4. The highest BCUT2D eigenvalue weighted by Gasteiger charge is 2.34. The van der Waals surface area contributed by atoms with E-state index in [0.29, 0.717) is 12.1 Å². The number of nitrogens with zero attached hydrogens (tertiary/aromatic N) is 3. The van der Waals surface area contributed by atoms with Crippen LogP contribution in [0.25, 0.3) is 5.69 Å². The number of fused-ring (bicyclic) bond motifs is 1. The smallest absolute Gasteiger partial charge is 0.318 e. The molecule has 0 atom stereocenters. The number of halogens is 1. The van der Waals surface area contributed by atoms with Crippen LogP contribution in [0, 0.1) is 36.3 Å². The van der Waals surface area contributed by atoms with Gasteiger partial charge < -0.3 is 9.40 Å². The highest BCUT2D eigenvalue weighted by atomic mass is 35.5. The fraction of sp³-hybridized carbons (Fsp3) is 0.308. The second kappa shape index (κ2) is 8.72. The lowest BCUT2D eigenvalue weighted by atomic mass is 9.76. The van der Waals surface area contributed by atoms with Gasteiger partial charge >= 0.3 is 5.97 Å². The number of nitro benzene ring substituents is 1. The van der Waals surface area contributed by atoms with Crippen molar-refractivity contribution in [1.29, 1.82) is 0 Å². The summed E-state index contributed by atoms with van der Waals surface area (Å²) in [6.45, 7) is 10.6. The number of nitro groups is 1. The molecular weight excluding hydrogens is 454 g/mol. The topological polar surface area (TPSA) is 86.7 Å². The molecular formula is C26H26ClN3O4. The molecule has 7 nitrogen and oxygen atoms in total. The zero-order valence-corrected chi connectivity index (χ0v) is 20.6. The van der Waals surface area contributed by atoms with Gasteiger partial charge in [-0.05, 0) is 80.5 Å². The van der Waals surface area contributed by atoms with E-state index in [4.69, 9.17) is 16.4 Å². The summed E-state index contributed by atoms with van der Waals surface area (Å²) in [7, 11) is 0. The van der Waals surface area contributed by atoms with E-state index in [0.717, 1.165) is 35.1 Å². The Morgan fingerprint density at radius 3 is 2.50 bits per heavy atom. The van der Waals surface area contributed by atoms with Crippen LogP contribution in [0.2, 0.25) is 5.02 Å². The largest absolute Gasteiger partial charge is 0.365 e. The minimum Gasteiger partial charge on any atom is -0.318 e. The van der Waals surface area contributed by atoms with Gasteiger partial charge in [-0.25, -0.2) is 4.79 Å². The number of benzene rings is 2. The molecule has 0 spiro atoms. The van der Waals surface area contributed by atoms with E-state index in [1.54, 1.807) is 0 Å². The predicted octanol–water partition coefficient (Wildman–Crippen LogP) is 6.50. The summed E-state index contributed by atoms with van der Waals surface area (Å²) in [5.41, 5.74) is 6.91. The minimum absolute atomic E-state index is 0.0135. The van der Waals surface area contributed by atoms with Crippen molar-refractivity contribution >= 4 is 29.0 Å². The maximum absolute atomic E-state index is 12.6. The van der Waals surface area contributed by atoms with Crippen LogP contribution in [0.5, 0.6) is 0 Å². The van der Waals surface area contributed by atoms with E-state index in [1.165, 1.54) is 23.3 Å². The third kappa shape index (κ3) is 4.48. The van der Waals surface area contributed by atoms with Crippen LogP contribution in [0.3, 0.4) is 0 Å². The van der Waals surface area contributed by atoms with Crippen molar-refractivity contribution in [1.82, 2.24) is 4.57 Å². The molecule has 0 aliphatic heterocycles. The first kappa shape index (κ1) is 23.7. The number of hydrogen-bond donors (Lipinski definition) is 0. The standard InChI is InChI=1S/C26H26ClN3O4/c1-15-6-8-19(10-16(15)2)29-17(3)11-20-22(13-26(4,5)14-24(20)29)28-34-25(31)18-7-9-21(27)23(12-18)30(32)33/h6-12H,13-14H2,1-5H3/b28-22+. The highest BCUT2D eigenvalue weighted by molar-refractivity contribution is 6.32. The van der Waals surface area contributed by atoms with Crippen molar-refractivity contribution in [3.05, 3.63) is 91.2 Å². The molecule has 0 unspecified atom stereocenters. The first-order valence-corrected chi connectivity index (χ1v) is 11.4. The molecule has 3 aromatic rings. The average molecular weight is 480 g/mol. The number of hydrogen-bond acceptors (Lipinski definition) is 5. The molecule has 0 radical (unpaired) electrons. The van der Waals surface area contributed by atoms with Crippen molar-refractivity contribution in [2.24, 2.45) is 10.6 Å². The Bertz CT molecular complexity index is 1350. The van der Waals surface area contributed by atoms with E-state index >= 15 is 0 Å². The maximum Gasteiger partial charge on any atom is 0.365 e. The fourth-order valence-electron chi connectivity index (χ4n) is 4.41. The molecule has 0 saturated carbocycles. The number of carbonyl (C=O) groups is 1. The number of aromatic nitrogens is 1. The summed E-state index contributed by atoms with van der Waals surface area (Å²) in [5.74, 6) is -0.775. The average Bonchev–Trinajstić information content (AvgIpc) is 3.08. The first-order valence-electron chi connectivity index (χ1n) is 11.0. The monoisotopic (exact) mass is 479 g/mol. The van der Waals surface area contributed by atoms with Crippen LogP contribution in [0.15, 0.2) is 47.6 Å². The Balaban J connectivity index is 1.71. The third-order valence-corrected chi connectivity index (χ3v) is 6.58. The summed E-state index contributed by atoms with van der Waals surface area (Å²) in [6.07, 6.45) is 1.48. The molecule has 0 bridgehead atoms. The van der Waals surface area contributed by atoms with E-state index < -0.39 is 10.9 Å². The molecule has 176 valence electrons. The molecule has 2 aromatic carbocycles. The highest BCUT2D eigenvalue weighted by Crippen LogP contribution is 2.38. The van der Waals surface area contributed by atoms with Crippen LogP contribution in [-0.4, -0.2) is 21.2 Å². The van der Waals surface area contributed by atoms with Gasteiger partial charge in [-0.1, -0.05) is 36.7 Å². The Labute approximate surface area is 203 Å². The Kier molecular flexibility index (Phi) is 6.08. The number of carbonyl (C=O) groups excluding carboxylic acids is 1. The van der Waals surface area contributed by atoms with Gasteiger partial charge in [0.05, 0.1) is 16.2 Å².